The summed E-state index contributed by atoms with van der Waals surface area (Å²) in [5, 5.41) is 2.77. The largest absolute Gasteiger partial charge is 0.432 e. The van der Waals surface area contributed by atoms with Crippen molar-refractivity contribution in [2.75, 3.05) is 5.32 Å². The van der Waals surface area contributed by atoms with E-state index in [1.54, 1.807) is 6.20 Å². The van der Waals surface area contributed by atoms with Gasteiger partial charge in [0, 0.05) is 11.1 Å². The molecule has 2 aromatic rings. The van der Waals surface area contributed by atoms with Crippen LogP contribution >= 0.6 is 22.9 Å². The van der Waals surface area contributed by atoms with Crippen LogP contribution in [0.3, 0.4) is 0 Å². The van der Waals surface area contributed by atoms with Crippen molar-refractivity contribution < 1.29 is 17.9 Å². The van der Waals surface area contributed by atoms with Crippen molar-refractivity contribution in [3.05, 3.63) is 39.6 Å². The van der Waals surface area contributed by atoms with Gasteiger partial charge < -0.3 is 10.1 Å². The fourth-order valence-corrected chi connectivity index (χ4v) is 2.30. The minimum Gasteiger partial charge on any atom is -0.432 e. The van der Waals surface area contributed by atoms with Crippen LogP contribution in [0.1, 0.15) is 4.88 Å². The molecular formula is C11H8ClF3N2OS. The highest BCUT2D eigenvalue weighted by atomic mass is 35.5. The molecule has 0 radical (unpaired) electrons. The summed E-state index contributed by atoms with van der Waals surface area (Å²) in [5.41, 5.74) is 0.0719. The highest BCUT2D eigenvalue weighted by Crippen LogP contribution is 2.27. The highest BCUT2D eigenvalue weighted by molar-refractivity contribution is 7.15. The number of thiazole rings is 1. The lowest BCUT2D eigenvalue weighted by atomic mass is 10.3. The molecule has 0 fully saturated rings. The number of rotatable bonds is 5. The van der Waals surface area contributed by atoms with Crippen LogP contribution in [0.5, 0.6) is 5.75 Å². The Morgan fingerprint density at radius 3 is 2.84 bits per heavy atom. The highest BCUT2D eigenvalue weighted by Gasteiger charge is 2.13. The van der Waals surface area contributed by atoms with Gasteiger partial charge in [-0.05, 0) is 12.1 Å². The third-order valence-electron chi connectivity index (χ3n) is 2.16. The maximum Gasteiger partial charge on any atom is 0.387 e. The van der Waals surface area contributed by atoms with Crippen LogP contribution in [0.4, 0.5) is 18.9 Å². The lowest BCUT2D eigenvalue weighted by Crippen LogP contribution is -2.06. The number of nitrogens with one attached hydrogen (secondary N) is 1. The molecule has 0 amide bonds. The molecule has 0 atom stereocenters. The first-order chi connectivity index (χ1) is 9.06. The van der Waals surface area contributed by atoms with Gasteiger partial charge >= 0.3 is 6.61 Å². The molecule has 0 saturated heterocycles. The normalized spacial score (nSPS) is 10.8. The smallest absolute Gasteiger partial charge is 0.387 e. The Balaban J connectivity index is 2.08. The molecule has 1 aromatic carbocycles. The van der Waals surface area contributed by atoms with Gasteiger partial charge in [0.2, 0.25) is 0 Å². The van der Waals surface area contributed by atoms with Gasteiger partial charge in [0.25, 0.3) is 0 Å². The van der Waals surface area contributed by atoms with E-state index in [-0.39, 0.29) is 5.69 Å². The standard InChI is InChI=1S/C11H8ClF3N2OS/c12-10-17-5-6(19-10)4-16-7-2-1-3-8(9(7)13)18-11(14)15/h1-3,5,11,16H,4H2. The van der Waals surface area contributed by atoms with E-state index in [9.17, 15) is 13.2 Å². The molecule has 0 spiro atoms. The van der Waals surface area contributed by atoms with Crippen molar-refractivity contribution in [1.82, 2.24) is 4.98 Å². The summed E-state index contributed by atoms with van der Waals surface area (Å²) in [7, 11) is 0. The summed E-state index contributed by atoms with van der Waals surface area (Å²) in [5.74, 6) is -1.36. The van der Waals surface area contributed by atoms with E-state index in [0.717, 1.165) is 10.9 Å². The number of benzene rings is 1. The van der Waals surface area contributed by atoms with Crippen molar-refractivity contribution in [2.45, 2.75) is 13.2 Å². The zero-order valence-corrected chi connectivity index (χ0v) is 10.9. The van der Waals surface area contributed by atoms with Crippen molar-refractivity contribution in [2.24, 2.45) is 0 Å². The second kappa shape index (κ2) is 6.12. The van der Waals surface area contributed by atoms with E-state index >= 15 is 0 Å². The molecule has 0 saturated carbocycles. The molecular weight excluding hydrogens is 301 g/mol. The number of nitrogens with zero attached hydrogens (tertiary/aromatic N) is 1. The fraction of sp³-hybridized carbons (Fsp3) is 0.182. The first kappa shape index (κ1) is 14.0. The van der Waals surface area contributed by atoms with Crippen LogP contribution in [-0.2, 0) is 6.54 Å². The summed E-state index contributed by atoms with van der Waals surface area (Å²) in [6.07, 6.45) is 1.55. The maximum atomic E-state index is 13.8. The second-order valence-electron chi connectivity index (χ2n) is 3.43. The number of alkyl halides is 2. The summed E-state index contributed by atoms with van der Waals surface area (Å²) < 4.78 is 42.3. The SMILES string of the molecule is Fc1c(NCc2cnc(Cl)s2)cccc1OC(F)F. The first-order valence-electron chi connectivity index (χ1n) is 5.13. The van der Waals surface area contributed by atoms with Crippen LogP contribution in [0.25, 0.3) is 0 Å². The average Bonchev–Trinajstić information content (AvgIpc) is 2.76. The lowest BCUT2D eigenvalue weighted by Gasteiger charge is -2.10. The average molecular weight is 309 g/mol. The Labute approximate surface area is 116 Å². The van der Waals surface area contributed by atoms with Crippen molar-refractivity contribution in [3.8, 4) is 5.75 Å². The zero-order valence-electron chi connectivity index (χ0n) is 9.37. The van der Waals surface area contributed by atoms with Crippen LogP contribution in [0, 0.1) is 5.82 Å². The van der Waals surface area contributed by atoms with Gasteiger partial charge in [-0.1, -0.05) is 17.7 Å². The van der Waals surface area contributed by atoms with E-state index in [1.807, 2.05) is 0 Å². The number of ether oxygens (including phenoxy) is 1. The summed E-state index contributed by atoms with van der Waals surface area (Å²) in [4.78, 5) is 4.63. The molecule has 8 heteroatoms. The fourth-order valence-electron chi connectivity index (χ4n) is 1.38. The molecule has 0 unspecified atom stereocenters. The van der Waals surface area contributed by atoms with Gasteiger partial charge in [0.05, 0.1) is 12.2 Å². The quantitative estimate of drug-likeness (QED) is 0.901. The van der Waals surface area contributed by atoms with Crippen LogP contribution in [-0.4, -0.2) is 11.6 Å². The van der Waals surface area contributed by atoms with Crippen molar-refractivity contribution >= 4 is 28.6 Å². The second-order valence-corrected chi connectivity index (χ2v) is 5.13. The van der Waals surface area contributed by atoms with Crippen LogP contribution < -0.4 is 10.1 Å². The zero-order chi connectivity index (χ0) is 13.8. The van der Waals surface area contributed by atoms with E-state index in [0.29, 0.717) is 11.0 Å². The third-order valence-corrected chi connectivity index (χ3v) is 3.27. The van der Waals surface area contributed by atoms with E-state index in [4.69, 9.17) is 11.6 Å². The molecule has 0 bridgehead atoms. The van der Waals surface area contributed by atoms with Crippen LogP contribution in [0.2, 0.25) is 4.47 Å². The molecule has 0 aliphatic rings. The summed E-state index contributed by atoms with van der Waals surface area (Å²) >= 11 is 6.90. The number of anilines is 1. The lowest BCUT2D eigenvalue weighted by molar-refractivity contribution is -0.0521. The maximum absolute atomic E-state index is 13.8. The predicted octanol–water partition coefficient (Wildman–Crippen LogP) is 4.15. The number of hydrogen-bond acceptors (Lipinski definition) is 4. The minimum atomic E-state index is -3.06. The Bertz CT molecular complexity index is 565. The van der Waals surface area contributed by atoms with Gasteiger partial charge in [-0.25, -0.2) is 9.37 Å². The molecule has 1 aromatic heterocycles. The molecule has 102 valence electrons. The molecule has 2 rings (SSSR count). The van der Waals surface area contributed by atoms with Crippen molar-refractivity contribution in [3.63, 3.8) is 0 Å². The van der Waals surface area contributed by atoms with Gasteiger partial charge in [0.15, 0.2) is 16.0 Å². The minimum absolute atomic E-state index is 0.0719. The molecule has 0 aliphatic carbocycles. The predicted molar refractivity (Wildman–Crippen MR) is 67.5 cm³/mol. The monoisotopic (exact) mass is 308 g/mol. The van der Waals surface area contributed by atoms with Gasteiger partial charge in [-0.15, -0.1) is 11.3 Å². The van der Waals surface area contributed by atoms with E-state index in [2.05, 4.69) is 15.0 Å². The Morgan fingerprint density at radius 2 is 2.21 bits per heavy atom. The number of aromatic nitrogens is 1. The van der Waals surface area contributed by atoms with Gasteiger partial charge in [-0.3, -0.25) is 0 Å². The third kappa shape index (κ3) is 3.74. The molecule has 3 nitrogen and oxygen atoms in total. The van der Waals surface area contributed by atoms with Crippen LogP contribution in [0.15, 0.2) is 24.4 Å². The van der Waals surface area contributed by atoms with Gasteiger partial charge in [-0.2, -0.15) is 8.78 Å². The number of halogens is 4. The molecule has 1 N–H and O–H groups in total. The Kier molecular flexibility index (Phi) is 4.49. The number of hydrogen-bond donors (Lipinski definition) is 1. The van der Waals surface area contributed by atoms with Crippen molar-refractivity contribution in [1.29, 1.82) is 0 Å². The first-order valence-corrected chi connectivity index (χ1v) is 6.33. The van der Waals surface area contributed by atoms with E-state index < -0.39 is 18.2 Å². The summed E-state index contributed by atoms with van der Waals surface area (Å²) in [6, 6.07) is 3.98. The van der Waals surface area contributed by atoms with E-state index in [1.165, 1.54) is 23.5 Å². The Morgan fingerprint density at radius 1 is 1.42 bits per heavy atom. The molecule has 1 heterocycles. The Hall–Kier alpha value is -1.47. The molecule has 0 aliphatic heterocycles. The van der Waals surface area contributed by atoms with Gasteiger partial charge in [0.1, 0.15) is 0 Å². The molecule has 19 heavy (non-hydrogen) atoms. The topological polar surface area (TPSA) is 34.2 Å². The summed E-state index contributed by atoms with van der Waals surface area (Å²) in [6.45, 7) is -2.77.